The summed E-state index contributed by atoms with van der Waals surface area (Å²) in [6, 6.07) is 24.7. The summed E-state index contributed by atoms with van der Waals surface area (Å²) in [6.07, 6.45) is 5.01. The number of amides is 2. The van der Waals surface area contributed by atoms with Crippen molar-refractivity contribution >= 4 is 27.5 Å². The zero-order chi connectivity index (χ0) is 35.8. The van der Waals surface area contributed by atoms with E-state index in [4.69, 9.17) is 14.2 Å². The number of carbonyl (C=O) groups is 2. The number of nitrogens with one attached hydrogen (secondary N) is 1. The molecule has 1 fully saturated rings. The van der Waals surface area contributed by atoms with Crippen LogP contribution >= 0.6 is 0 Å². The Morgan fingerprint density at radius 2 is 1.57 bits per heavy atom. The van der Waals surface area contributed by atoms with Gasteiger partial charge in [0.25, 0.3) is 10.0 Å². The van der Waals surface area contributed by atoms with Gasteiger partial charge >= 0.3 is 0 Å². The Bertz CT molecular complexity index is 1920. The van der Waals surface area contributed by atoms with Crippen molar-refractivity contribution < 1.29 is 36.6 Å². The maximum absolute atomic E-state index is 14.8. The number of hydrogen-bond acceptors (Lipinski definition) is 7. The molecule has 0 unspecified atom stereocenters. The Kier molecular flexibility index (Phi) is 11.4. The van der Waals surface area contributed by atoms with Gasteiger partial charge in [-0.2, -0.15) is 0 Å². The van der Waals surface area contributed by atoms with Crippen LogP contribution in [0.3, 0.4) is 0 Å². The van der Waals surface area contributed by atoms with E-state index >= 15 is 0 Å². The number of sulfonamides is 1. The fraction of sp³-hybridized carbons (Fsp3) is 0.333. The average molecular weight is 716 g/mol. The Morgan fingerprint density at radius 3 is 2.29 bits per heavy atom. The highest BCUT2D eigenvalue weighted by Gasteiger charge is 2.36. The minimum Gasteiger partial charge on any atom is -0.497 e. The summed E-state index contributed by atoms with van der Waals surface area (Å²) in [5.41, 5.74) is 1.60. The molecule has 4 aromatic carbocycles. The molecule has 0 saturated heterocycles. The van der Waals surface area contributed by atoms with Crippen molar-refractivity contribution in [1.29, 1.82) is 0 Å². The molecule has 1 heterocycles. The number of carbonyl (C=O) groups excluding carboxylic acids is 2. The second-order valence-corrected chi connectivity index (χ2v) is 14.6. The second kappa shape index (κ2) is 16.3. The zero-order valence-corrected chi connectivity index (χ0v) is 29.3. The molecule has 2 amide bonds. The first-order valence-electron chi connectivity index (χ1n) is 17.2. The summed E-state index contributed by atoms with van der Waals surface area (Å²) in [4.78, 5) is 30.4. The molecule has 51 heavy (non-hydrogen) atoms. The van der Waals surface area contributed by atoms with Gasteiger partial charge in [-0.15, -0.1) is 0 Å². The molecule has 12 heteroatoms. The Hall–Kier alpha value is -5.10. The lowest BCUT2D eigenvalue weighted by molar-refractivity contribution is -0.140. The second-order valence-electron chi connectivity index (χ2n) is 12.7. The van der Waals surface area contributed by atoms with Crippen LogP contribution in [0, 0.1) is 5.82 Å². The molecule has 1 saturated carbocycles. The van der Waals surface area contributed by atoms with E-state index in [0.29, 0.717) is 23.7 Å². The van der Waals surface area contributed by atoms with Crippen molar-refractivity contribution in [2.75, 3.05) is 31.2 Å². The molecule has 4 aromatic rings. The number of nitrogens with zero attached hydrogens (tertiary/aromatic N) is 2. The highest BCUT2D eigenvalue weighted by molar-refractivity contribution is 7.92. The zero-order valence-electron chi connectivity index (χ0n) is 28.5. The lowest BCUT2D eigenvalue weighted by Gasteiger charge is -2.35. The van der Waals surface area contributed by atoms with Gasteiger partial charge in [-0.3, -0.25) is 13.9 Å². The summed E-state index contributed by atoms with van der Waals surface area (Å²) in [6.45, 7) is -0.0974. The first kappa shape index (κ1) is 35.7. The van der Waals surface area contributed by atoms with E-state index in [1.54, 1.807) is 25.3 Å². The van der Waals surface area contributed by atoms with Crippen molar-refractivity contribution in [1.82, 2.24) is 10.2 Å². The van der Waals surface area contributed by atoms with Crippen LogP contribution < -0.4 is 23.8 Å². The van der Waals surface area contributed by atoms with E-state index in [9.17, 15) is 22.4 Å². The summed E-state index contributed by atoms with van der Waals surface area (Å²) < 4.78 is 60.6. The lowest BCUT2D eigenvalue weighted by atomic mass is 9.94. The van der Waals surface area contributed by atoms with Gasteiger partial charge in [0, 0.05) is 25.1 Å². The number of anilines is 1. The first-order chi connectivity index (χ1) is 24.7. The molecule has 10 nitrogen and oxygen atoms in total. The summed E-state index contributed by atoms with van der Waals surface area (Å²) in [7, 11) is -2.89. The van der Waals surface area contributed by atoms with Crippen LogP contribution in [0.15, 0.2) is 102 Å². The van der Waals surface area contributed by atoms with E-state index < -0.39 is 34.3 Å². The minimum atomic E-state index is -4.43. The summed E-state index contributed by atoms with van der Waals surface area (Å²) >= 11 is 0. The van der Waals surface area contributed by atoms with Gasteiger partial charge in [0.15, 0.2) is 11.5 Å². The summed E-state index contributed by atoms with van der Waals surface area (Å²) in [5.74, 6) is -0.270. The number of ether oxygens (including phenoxy) is 3. The molecule has 2 aliphatic rings. The third-order valence-corrected chi connectivity index (χ3v) is 11.0. The molecule has 0 aromatic heterocycles. The highest BCUT2D eigenvalue weighted by Crippen LogP contribution is 2.34. The highest BCUT2D eigenvalue weighted by atomic mass is 32.2. The van der Waals surface area contributed by atoms with Crippen LogP contribution in [0.5, 0.6) is 17.2 Å². The van der Waals surface area contributed by atoms with E-state index in [-0.39, 0.29) is 47.9 Å². The number of hydrogen-bond donors (Lipinski definition) is 1. The maximum Gasteiger partial charge on any atom is 0.264 e. The van der Waals surface area contributed by atoms with Crippen molar-refractivity contribution in [2.45, 2.75) is 62.0 Å². The fourth-order valence-corrected chi connectivity index (χ4v) is 7.94. The number of methoxy groups -OCH3 is 1. The molecule has 0 radical (unpaired) electrons. The molecule has 268 valence electrons. The van der Waals surface area contributed by atoms with Crippen LogP contribution in [0.25, 0.3) is 0 Å². The minimum absolute atomic E-state index is 0.00699. The van der Waals surface area contributed by atoms with Crippen molar-refractivity contribution in [3.05, 3.63) is 114 Å². The fourth-order valence-electron chi connectivity index (χ4n) is 6.51. The standard InChI is InChI=1S/C39H42FN3O7S/c1-48-33-14-8-11-29(23-33)26-42(35(24-28-9-4-2-5-10-28)39(45)41-31-12-6-3-7-13-31)38(44)27-43(32-17-15-30(40)16-18-32)51(46,47)34-19-20-36-37(25-34)50-22-21-49-36/h2,4-5,8-11,14-20,23,25,31,35H,3,6-7,12-13,21-22,24,26-27H2,1H3,(H,41,45)/t35-/m1/s1. The van der Waals surface area contributed by atoms with Crippen molar-refractivity contribution in [3.63, 3.8) is 0 Å². The number of fused-ring (bicyclic) bond motifs is 1. The quantitative estimate of drug-likeness (QED) is 0.184. The number of benzene rings is 4. The van der Waals surface area contributed by atoms with Gasteiger partial charge in [-0.05, 0) is 72.5 Å². The van der Waals surface area contributed by atoms with Crippen LogP contribution in [0.2, 0.25) is 0 Å². The van der Waals surface area contributed by atoms with Gasteiger partial charge < -0.3 is 24.4 Å². The van der Waals surface area contributed by atoms with Crippen molar-refractivity contribution in [3.8, 4) is 17.2 Å². The average Bonchev–Trinajstić information content (AvgIpc) is 3.16. The third kappa shape index (κ3) is 8.80. The van der Waals surface area contributed by atoms with Crippen LogP contribution in [0.1, 0.15) is 43.2 Å². The molecular weight excluding hydrogens is 674 g/mol. The lowest BCUT2D eigenvalue weighted by Crippen LogP contribution is -2.55. The SMILES string of the molecule is COc1cccc(CN(C(=O)CN(c2ccc(F)cc2)S(=O)(=O)c2ccc3c(c2)OCCO3)[C@H](Cc2ccccc2)C(=O)NC2CCCCC2)c1. The molecular formula is C39H42FN3O7S. The molecule has 1 aliphatic heterocycles. The van der Waals surface area contributed by atoms with Gasteiger partial charge in [-0.25, -0.2) is 12.8 Å². The molecule has 0 spiro atoms. The summed E-state index contributed by atoms with van der Waals surface area (Å²) in [5, 5.41) is 3.20. The van der Waals surface area contributed by atoms with E-state index in [2.05, 4.69) is 5.32 Å². The van der Waals surface area contributed by atoms with Gasteiger partial charge in [-0.1, -0.05) is 61.7 Å². The molecule has 0 bridgehead atoms. The van der Waals surface area contributed by atoms with Crippen LogP contribution in [0.4, 0.5) is 10.1 Å². The Morgan fingerprint density at radius 1 is 0.863 bits per heavy atom. The Labute approximate surface area is 298 Å². The molecule has 6 rings (SSSR count). The van der Waals surface area contributed by atoms with Gasteiger partial charge in [0.1, 0.15) is 37.4 Å². The van der Waals surface area contributed by atoms with Crippen LogP contribution in [-0.4, -0.2) is 64.1 Å². The topological polar surface area (TPSA) is 114 Å². The van der Waals surface area contributed by atoms with Crippen molar-refractivity contribution in [2.24, 2.45) is 0 Å². The van der Waals surface area contributed by atoms with E-state index in [0.717, 1.165) is 54.1 Å². The Balaban J connectivity index is 1.40. The number of rotatable bonds is 13. The number of halogens is 1. The largest absolute Gasteiger partial charge is 0.497 e. The molecule has 1 N–H and O–H groups in total. The monoisotopic (exact) mass is 715 g/mol. The molecule has 1 aliphatic carbocycles. The predicted octanol–water partition coefficient (Wildman–Crippen LogP) is 5.89. The predicted molar refractivity (Wildman–Crippen MR) is 191 cm³/mol. The first-order valence-corrected chi connectivity index (χ1v) is 18.6. The van der Waals surface area contributed by atoms with E-state index in [1.165, 1.54) is 35.2 Å². The molecule has 1 atom stereocenters. The van der Waals surface area contributed by atoms with Crippen LogP contribution in [-0.2, 0) is 32.6 Å². The van der Waals surface area contributed by atoms with Gasteiger partial charge in [0.05, 0.1) is 17.7 Å². The normalized spacial score (nSPS) is 15.0. The van der Waals surface area contributed by atoms with E-state index in [1.807, 2.05) is 36.4 Å². The third-order valence-electron chi connectivity index (χ3n) is 9.20. The smallest absolute Gasteiger partial charge is 0.264 e. The maximum atomic E-state index is 14.8. The van der Waals surface area contributed by atoms with Gasteiger partial charge in [0.2, 0.25) is 11.8 Å².